The van der Waals surface area contributed by atoms with Crippen LogP contribution in [-0.2, 0) is 11.3 Å². The second-order valence-electron chi connectivity index (χ2n) is 4.17. The van der Waals surface area contributed by atoms with Gasteiger partial charge in [-0.1, -0.05) is 19.1 Å². The zero-order chi connectivity index (χ0) is 14.1. The Morgan fingerprint density at radius 1 is 1.26 bits per heavy atom. The van der Waals surface area contributed by atoms with Crippen LogP contribution in [0.2, 0.25) is 0 Å². The number of carbonyl (C=O) groups excluding carboxylic acids is 1. The number of aliphatic imine (C=N–C) groups is 1. The number of nitrogens with zero attached hydrogens (tertiary/aromatic N) is 1. The molecule has 1 aromatic rings. The van der Waals surface area contributed by atoms with Crippen molar-refractivity contribution in [3.63, 3.8) is 0 Å². The van der Waals surface area contributed by atoms with Crippen molar-refractivity contribution in [2.45, 2.75) is 26.3 Å². The Morgan fingerprint density at radius 2 is 1.95 bits per heavy atom. The fraction of sp³-hybridized carbons (Fsp3) is 0.429. The smallest absolute Gasteiger partial charge is 0.224 e. The van der Waals surface area contributed by atoms with Gasteiger partial charge in [-0.25, -0.2) is 0 Å². The monoisotopic (exact) mass is 262 g/mol. The number of amides is 1. The van der Waals surface area contributed by atoms with Crippen molar-refractivity contribution in [1.82, 2.24) is 10.6 Å². The van der Waals surface area contributed by atoms with E-state index in [4.69, 9.17) is 0 Å². The van der Waals surface area contributed by atoms with E-state index >= 15 is 0 Å². The molecular formula is C14H22N4O. The number of rotatable bonds is 5. The van der Waals surface area contributed by atoms with Crippen molar-refractivity contribution in [2.75, 3.05) is 19.4 Å². The van der Waals surface area contributed by atoms with Gasteiger partial charge in [0.05, 0.1) is 0 Å². The van der Waals surface area contributed by atoms with E-state index in [-0.39, 0.29) is 5.91 Å². The summed E-state index contributed by atoms with van der Waals surface area (Å²) in [4.78, 5) is 15.5. The van der Waals surface area contributed by atoms with E-state index in [1.807, 2.05) is 38.2 Å². The first kappa shape index (κ1) is 15.0. The third-order valence-corrected chi connectivity index (χ3v) is 2.64. The van der Waals surface area contributed by atoms with Crippen LogP contribution in [0.1, 0.15) is 25.3 Å². The molecule has 0 unspecified atom stereocenters. The molecule has 1 rings (SSSR count). The van der Waals surface area contributed by atoms with Crippen LogP contribution in [0.25, 0.3) is 0 Å². The van der Waals surface area contributed by atoms with Gasteiger partial charge in [0.1, 0.15) is 0 Å². The molecule has 0 saturated heterocycles. The molecular weight excluding hydrogens is 240 g/mol. The van der Waals surface area contributed by atoms with E-state index in [0.717, 1.165) is 23.6 Å². The van der Waals surface area contributed by atoms with Crippen molar-refractivity contribution >= 4 is 17.6 Å². The molecule has 0 heterocycles. The maximum Gasteiger partial charge on any atom is 0.224 e. The van der Waals surface area contributed by atoms with Gasteiger partial charge < -0.3 is 16.0 Å². The minimum absolute atomic E-state index is 0.0592. The first-order valence-corrected chi connectivity index (χ1v) is 6.46. The molecule has 0 aliphatic rings. The summed E-state index contributed by atoms with van der Waals surface area (Å²) >= 11 is 0. The summed E-state index contributed by atoms with van der Waals surface area (Å²) < 4.78 is 0. The molecule has 0 aromatic heterocycles. The summed E-state index contributed by atoms with van der Waals surface area (Å²) in [5, 5.41) is 8.98. The number of anilines is 1. The highest BCUT2D eigenvalue weighted by atomic mass is 16.1. The summed E-state index contributed by atoms with van der Waals surface area (Å²) in [5.41, 5.74) is 1.96. The van der Waals surface area contributed by atoms with Crippen LogP contribution in [0.4, 0.5) is 5.69 Å². The van der Waals surface area contributed by atoms with Crippen molar-refractivity contribution in [1.29, 1.82) is 0 Å². The van der Waals surface area contributed by atoms with Gasteiger partial charge in [0, 0.05) is 32.7 Å². The molecule has 5 nitrogen and oxygen atoms in total. The molecule has 0 saturated carbocycles. The molecule has 5 heteroatoms. The van der Waals surface area contributed by atoms with E-state index in [1.54, 1.807) is 7.05 Å². The van der Waals surface area contributed by atoms with Crippen molar-refractivity contribution < 1.29 is 4.79 Å². The zero-order valence-electron chi connectivity index (χ0n) is 11.8. The largest absolute Gasteiger partial charge is 0.359 e. The average molecular weight is 262 g/mol. The summed E-state index contributed by atoms with van der Waals surface area (Å²) in [6.07, 6.45) is 1.42. The molecule has 0 aliphatic carbocycles. The number of hydrogen-bond acceptors (Lipinski definition) is 2. The van der Waals surface area contributed by atoms with E-state index < -0.39 is 0 Å². The molecule has 1 amide bonds. The number of nitrogens with one attached hydrogen (secondary N) is 3. The summed E-state index contributed by atoms with van der Waals surface area (Å²) in [5.74, 6) is 0.810. The van der Waals surface area contributed by atoms with Crippen molar-refractivity contribution in [3.05, 3.63) is 29.8 Å². The molecule has 19 heavy (non-hydrogen) atoms. The van der Waals surface area contributed by atoms with Crippen LogP contribution < -0.4 is 16.0 Å². The van der Waals surface area contributed by atoms with Crippen LogP contribution in [0.15, 0.2) is 29.3 Å². The number of carbonyl (C=O) groups is 1. The Kier molecular flexibility index (Phi) is 6.43. The van der Waals surface area contributed by atoms with E-state index in [9.17, 15) is 4.79 Å². The highest BCUT2D eigenvalue weighted by Crippen LogP contribution is 2.10. The summed E-state index contributed by atoms with van der Waals surface area (Å²) in [6.45, 7) is 2.68. The Labute approximate surface area is 114 Å². The lowest BCUT2D eigenvalue weighted by Gasteiger charge is -2.09. The van der Waals surface area contributed by atoms with Gasteiger partial charge in [-0.15, -0.1) is 0 Å². The van der Waals surface area contributed by atoms with Gasteiger partial charge in [0.15, 0.2) is 5.96 Å². The zero-order valence-corrected chi connectivity index (χ0v) is 11.8. The predicted octanol–water partition coefficient (Wildman–Crippen LogP) is 1.72. The average Bonchev–Trinajstić information content (AvgIpc) is 2.42. The van der Waals surface area contributed by atoms with Crippen molar-refractivity contribution in [2.24, 2.45) is 4.99 Å². The second kappa shape index (κ2) is 8.13. The number of hydrogen-bond donors (Lipinski definition) is 3. The van der Waals surface area contributed by atoms with Crippen LogP contribution >= 0.6 is 0 Å². The Hall–Kier alpha value is -2.04. The third kappa shape index (κ3) is 5.42. The van der Waals surface area contributed by atoms with E-state index in [2.05, 4.69) is 20.9 Å². The normalized spacial score (nSPS) is 11.0. The lowest BCUT2D eigenvalue weighted by Crippen LogP contribution is -2.34. The summed E-state index contributed by atoms with van der Waals surface area (Å²) in [7, 11) is 3.55. The standard InChI is InChI=1S/C14H22N4O/c1-4-5-13(19)18-12-8-6-11(7-9-12)10-17-14(15-2)16-3/h6-9H,4-5,10H2,1-3H3,(H,18,19)(H2,15,16,17). The lowest BCUT2D eigenvalue weighted by molar-refractivity contribution is -0.116. The molecule has 0 radical (unpaired) electrons. The Morgan fingerprint density at radius 3 is 2.47 bits per heavy atom. The molecule has 1 aromatic carbocycles. The minimum atomic E-state index is 0.0592. The highest BCUT2D eigenvalue weighted by molar-refractivity contribution is 5.90. The number of guanidine groups is 1. The van der Waals surface area contributed by atoms with Crippen LogP contribution in [0.3, 0.4) is 0 Å². The first-order chi connectivity index (χ1) is 9.19. The topological polar surface area (TPSA) is 65.5 Å². The maximum atomic E-state index is 11.4. The molecule has 104 valence electrons. The SMILES string of the molecule is CCCC(=O)Nc1ccc(CNC(=NC)NC)cc1. The van der Waals surface area contributed by atoms with Gasteiger partial charge in [-0.3, -0.25) is 9.79 Å². The molecule has 0 atom stereocenters. The minimum Gasteiger partial charge on any atom is -0.359 e. The van der Waals surface area contributed by atoms with E-state index in [0.29, 0.717) is 13.0 Å². The van der Waals surface area contributed by atoms with Crippen LogP contribution in [0.5, 0.6) is 0 Å². The lowest BCUT2D eigenvalue weighted by atomic mass is 10.2. The van der Waals surface area contributed by atoms with Gasteiger partial charge in [-0.05, 0) is 24.1 Å². The summed E-state index contributed by atoms with van der Waals surface area (Å²) in [6, 6.07) is 7.79. The van der Waals surface area contributed by atoms with Gasteiger partial charge in [0.2, 0.25) is 5.91 Å². The molecule has 0 fully saturated rings. The Balaban J connectivity index is 2.50. The fourth-order valence-electron chi connectivity index (χ4n) is 1.62. The highest BCUT2D eigenvalue weighted by Gasteiger charge is 2.01. The van der Waals surface area contributed by atoms with Crippen molar-refractivity contribution in [3.8, 4) is 0 Å². The quantitative estimate of drug-likeness (QED) is 0.559. The first-order valence-electron chi connectivity index (χ1n) is 6.46. The van der Waals surface area contributed by atoms with E-state index in [1.165, 1.54) is 0 Å². The third-order valence-electron chi connectivity index (χ3n) is 2.64. The molecule has 0 spiro atoms. The second-order valence-corrected chi connectivity index (χ2v) is 4.17. The molecule has 0 bridgehead atoms. The molecule has 3 N–H and O–H groups in total. The number of benzene rings is 1. The molecule has 0 aliphatic heterocycles. The van der Waals surface area contributed by atoms with Crippen LogP contribution in [0, 0.1) is 0 Å². The van der Waals surface area contributed by atoms with Crippen LogP contribution in [-0.4, -0.2) is 26.0 Å². The van der Waals surface area contributed by atoms with Gasteiger partial charge in [0.25, 0.3) is 0 Å². The predicted molar refractivity (Wildman–Crippen MR) is 79.2 cm³/mol. The maximum absolute atomic E-state index is 11.4. The van der Waals surface area contributed by atoms with Gasteiger partial charge >= 0.3 is 0 Å². The van der Waals surface area contributed by atoms with Gasteiger partial charge in [-0.2, -0.15) is 0 Å². The fourth-order valence-corrected chi connectivity index (χ4v) is 1.62. The Bertz CT molecular complexity index is 426.